The Hall–Kier alpha value is -1.32. The summed E-state index contributed by atoms with van der Waals surface area (Å²) in [6.07, 6.45) is 3.93. The molecule has 0 aliphatic rings. The summed E-state index contributed by atoms with van der Waals surface area (Å²) in [5, 5.41) is 0. The first-order valence-electron chi connectivity index (χ1n) is 4.93. The van der Waals surface area contributed by atoms with E-state index < -0.39 is 0 Å². The van der Waals surface area contributed by atoms with Crippen LogP contribution in [0, 0.1) is 6.92 Å². The van der Waals surface area contributed by atoms with Crippen LogP contribution in [0.15, 0.2) is 36.7 Å². The summed E-state index contributed by atoms with van der Waals surface area (Å²) >= 11 is 7.48. The Kier molecular flexibility index (Phi) is 2.23. The van der Waals surface area contributed by atoms with Crippen LogP contribution in [0.1, 0.15) is 5.56 Å². The van der Waals surface area contributed by atoms with Crippen LogP contribution in [0.25, 0.3) is 16.2 Å². The van der Waals surface area contributed by atoms with Gasteiger partial charge in [-0.3, -0.25) is 4.40 Å². The summed E-state index contributed by atoms with van der Waals surface area (Å²) < 4.78 is 2.87. The second-order valence-corrected chi connectivity index (χ2v) is 5.40. The highest BCUT2D eigenvalue weighted by molar-refractivity contribution is 7.19. The van der Waals surface area contributed by atoms with Crippen molar-refractivity contribution in [2.24, 2.45) is 0 Å². The van der Waals surface area contributed by atoms with Crippen molar-refractivity contribution in [3.05, 3.63) is 46.6 Å². The number of thiophene rings is 1. The molecule has 0 atom stereocenters. The number of fused-ring (bicyclic) bond motifs is 1. The Bertz CT molecular complexity index is 654. The van der Waals surface area contributed by atoms with Crippen LogP contribution in [0.2, 0.25) is 4.34 Å². The number of hydrogen-bond donors (Lipinski definition) is 0. The van der Waals surface area contributed by atoms with Gasteiger partial charge in [0, 0.05) is 6.20 Å². The fourth-order valence-corrected chi connectivity index (χ4v) is 2.76. The highest BCUT2D eigenvalue weighted by Gasteiger charge is 2.08. The third kappa shape index (κ3) is 1.52. The fraction of sp³-hybridized carbons (Fsp3) is 0.0833. The van der Waals surface area contributed by atoms with Crippen LogP contribution < -0.4 is 0 Å². The van der Waals surface area contributed by atoms with Crippen LogP contribution in [0.3, 0.4) is 0 Å². The molecule has 0 saturated heterocycles. The summed E-state index contributed by atoms with van der Waals surface area (Å²) in [5.74, 6) is 0.951. The maximum absolute atomic E-state index is 5.94. The van der Waals surface area contributed by atoms with E-state index >= 15 is 0 Å². The standard InChI is InChI=1S/C12H9ClN2S/c1-8-4-5-15-9(6-8)7-14-12(15)10-2-3-11(13)16-10/h2-7H,1H3. The first kappa shape index (κ1) is 9.87. The highest BCUT2D eigenvalue weighted by atomic mass is 35.5. The van der Waals surface area contributed by atoms with Gasteiger partial charge in [-0.1, -0.05) is 11.6 Å². The second kappa shape index (κ2) is 3.61. The van der Waals surface area contributed by atoms with Crippen molar-refractivity contribution < 1.29 is 0 Å². The molecular formula is C12H9ClN2S. The molecule has 4 heteroatoms. The topological polar surface area (TPSA) is 17.3 Å². The number of imidazole rings is 1. The van der Waals surface area contributed by atoms with Crippen molar-refractivity contribution in [3.8, 4) is 10.7 Å². The van der Waals surface area contributed by atoms with E-state index in [2.05, 4.69) is 28.4 Å². The summed E-state index contributed by atoms with van der Waals surface area (Å²) in [6, 6.07) is 8.09. The minimum Gasteiger partial charge on any atom is -0.299 e. The molecule has 3 aromatic heterocycles. The van der Waals surface area contributed by atoms with Gasteiger partial charge in [0.15, 0.2) is 5.82 Å². The summed E-state index contributed by atoms with van der Waals surface area (Å²) in [5.41, 5.74) is 2.35. The fourth-order valence-electron chi connectivity index (χ4n) is 1.73. The monoisotopic (exact) mass is 248 g/mol. The predicted octanol–water partition coefficient (Wildman–Crippen LogP) is 4.02. The first-order chi connectivity index (χ1) is 7.74. The molecule has 0 aliphatic carbocycles. The molecule has 0 fully saturated rings. The lowest BCUT2D eigenvalue weighted by atomic mass is 10.3. The van der Waals surface area contributed by atoms with Gasteiger partial charge in [0.1, 0.15) is 0 Å². The quantitative estimate of drug-likeness (QED) is 0.636. The molecule has 3 rings (SSSR count). The second-order valence-electron chi connectivity index (χ2n) is 3.68. The van der Waals surface area contributed by atoms with E-state index in [1.165, 1.54) is 5.56 Å². The minimum absolute atomic E-state index is 0.791. The smallest absolute Gasteiger partial charge is 0.154 e. The molecule has 0 spiro atoms. The zero-order chi connectivity index (χ0) is 11.1. The van der Waals surface area contributed by atoms with E-state index in [-0.39, 0.29) is 0 Å². The lowest BCUT2D eigenvalue weighted by Gasteiger charge is -1.99. The first-order valence-corrected chi connectivity index (χ1v) is 6.13. The average Bonchev–Trinajstić information content (AvgIpc) is 2.83. The molecule has 0 amide bonds. The van der Waals surface area contributed by atoms with Crippen LogP contribution >= 0.6 is 22.9 Å². The summed E-state index contributed by atoms with van der Waals surface area (Å²) in [4.78, 5) is 5.53. The Morgan fingerprint density at radius 3 is 2.94 bits per heavy atom. The third-order valence-corrected chi connectivity index (χ3v) is 3.71. The van der Waals surface area contributed by atoms with Gasteiger partial charge in [0.25, 0.3) is 0 Å². The number of aromatic nitrogens is 2. The molecule has 2 nitrogen and oxygen atoms in total. The zero-order valence-electron chi connectivity index (χ0n) is 8.64. The van der Waals surface area contributed by atoms with E-state index in [4.69, 9.17) is 11.6 Å². The lowest BCUT2D eigenvalue weighted by molar-refractivity contribution is 1.16. The lowest BCUT2D eigenvalue weighted by Crippen LogP contribution is -1.87. The zero-order valence-corrected chi connectivity index (χ0v) is 10.2. The maximum Gasteiger partial charge on any atom is 0.154 e. The van der Waals surface area contributed by atoms with Gasteiger partial charge in [-0.2, -0.15) is 0 Å². The molecule has 3 heterocycles. The molecular weight excluding hydrogens is 240 g/mol. The maximum atomic E-state index is 5.94. The van der Waals surface area contributed by atoms with E-state index in [0.717, 1.165) is 20.6 Å². The van der Waals surface area contributed by atoms with E-state index in [9.17, 15) is 0 Å². The van der Waals surface area contributed by atoms with Gasteiger partial charge in [-0.05, 0) is 36.8 Å². The summed E-state index contributed by atoms with van der Waals surface area (Å²) in [6.45, 7) is 2.08. The number of pyridine rings is 1. The van der Waals surface area contributed by atoms with Crippen molar-refractivity contribution >= 4 is 28.5 Å². The largest absolute Gasteiger partial charge is 0.299 e. The molecule has 80 valence electrons. The number of nitrogens with zero attached hydrogens (tertiary/aromatic N) is 2. The molecule has 16 heavy (non-hydrogen) atoms. The minimum atomic E-state index is 0.791. The van der Waals surface area contributed by atoms with Gasteiger partial charge in [-0.25, -0.2) is 4.98 Å². The van der Waals surface area contributed by atoms with Crippen LogP contribution in [-0.2, 0) is 0 Å². The molecule has 0 unspecified atom stereocenters. The number of rotatable bonds is 1. The van der Waals surface area contributed by atoms with Crippen molar-refractivity contribution in [1.29, 1.82) is 0 Å². The number of halogens is 1. The van der Waals surface area contributed by atoms with Crippen molar-refractivity contribution in [1.82, 2.24) is 9.38 Å². The van der Waals surface area contributed by atoms with E-state index in [1.807, 2.05) is 24.5 Å². The Morgan fingerprint density at radius 1 is 1.31 bits per heavy atom. The Balaban J connectivity index is 2.25. The van der Waals surface area contributed by atoms with Crippen molar-refractivity contribution in [3.63, 3.8) is 0 Å². The Morgan fingerprint density at radius 2 is 2.19 bits per heavy atom. The van der Waals surface area contributed by atoms with Crippen LogP contribution in [0.5, 0.6) is 0 Å². The number of hydrogen-bond acceptors (Lipinski definition) is 2. The normalized spacial score (nSPS) is 11.1. The average molecular weight is 249 g/mol. The Labute approximate surface area is 102 Å². The molecule has 0 bridgehead atoms. The van der Waals surface area contributed by atoms with E-state index in [0.29, 0.717) is 0 Å². The van der Waals surface area contributed by atoms with Crippen LogP contribution in [0.4, 0.5) is 0 Å². The van der Waals surface area contributed by atoms with Crippen LogP contribution in [-0.4, -0.2) is 9.38 Å². The SMILES string of the molecule is Cc1ccn2c(-c3ccc(Cl)s3)ncc2c1. The van der Waals surface area contributed by atoms with Gasteiger partial charge in [-0.15, -0.1) is 11.3 Å². The van der Waals surface area contributed by atoms with Crippen molar-refractivity contribution in [2.75, 3.05) is 0 Å². The third-order valence-electron chi connectivity index (χ3n) is 2.48. The molecule has 3 aromatic rings. The van der Waals surface area contributed by atoms with Crippen molar-refractivity contribution in [2.45, 2.75) is 6.92 Å². The molecule has 0 aliphatic heterocycles. The molecule has 0 aromatic carbocycles. The van der Waals surface area contributed by atoms with Gasteiger partial charge in [0.05, 0.1) is 20.9 Å². The predicted molar refractivity (Wildman–Crippen MR) is 68.3 cm³/mol. The van der Waals surface area contributed by atoms with Gasteiger partial charge < -0.3 is 0 Å². The highest BCUT2D eigenvalue weighted by Crippen LogP contribution is 2.30. The number of aryl methyl sites for hydroxylation is 1. The van der Waals surface area contributed by atoms with E-state index in [1.54, 1.807) is 11.3 Å². The molecule has 0 N–H and O–H groups in total. The molecule has 0 saturated carbocycles. The summed E-state index contributed by atoms with van der Waals surface area (Å²) in [7, 11) is 0. The molecule has 0 radical (unpaired) electrons. The van der Waals surface area contributed by atoms with Gasteiger partial charge >= 0.3 is 0 Å². The van der Waals surface area contributed by atoms with Gasteiger partial charge in [0.2, 0.25) is 0 Å².